The third kappa shape index (κ3) is 4.98. The molecule has 7 heteroatoms. The summed E-state index contributed by atoms with van der Waals surface area (Å²) >= 11 is 0. The summed E-state index contributed by atoms with van der Waals surface area (Å²) in [5.41, 5.74) is 3.15. The van der Waals surface area contributed by atoms with Crippen molar-refractivity contribution in [1.82, 2.24) is 19.9 Å². The predicted molar refractivity (Wildman–Crippen MR) is 128 cm³/mol. The Kier molecular flexibility index (Phi) is 6.31. The van der Waals surface area contributed by atoms with Crippen molar-refractivity contribution in [3.05, 3.63) is 106 Å². The maximum atomic E-state index is 13.4. The van der Waals surface area contributed by atoms with Crippen LogP contribution in [-0.4, -0.2) is 27.0 Å². The number of fused-ring (bicyclic) bond motifs is 1. The van der Waals surface area contributed by atoms with Gasteiger partial charge in [0.2, 0.25) is 0 Å². The molecule has 0 spiro atoms. The molecule has 1 amide bonds. The molecule has 2 heterocycles. The molecular weight excluding hydrogens is 416 g/mol. The number of carbonyl (C=O) groups is 1. The van der Waals surface area contributed by atoms with Crippen molar-refractivity contribution in [2.75, 3.05) is 6.61 Å². The van der Waals surface area contributed by atoms with E-state index in [1.807, 2.05) is 19.1 Å². The number of nitrogens with zero attached hydrogens (tertiary/aromatic N) is 3. The van der Waals surface area contributed by atoms with Gasteiger partial charge in [0.05, 0.1) is 16.6 Å². The van der Waals surface area contributed by atoms with Crippen molar-refractivity contribution in [1.29, 1.82) is 0 Å². The van der Waals surface area contributed by atoms with Gasteiger partial charge in [-0.25, -0.2) is 4.98 Å². The van der Waals surface area contributed by atoms with E-state index >= 15 is 0 Å². The van der Waals surface area contributed by atoms with Crippen molar-refractivity contribution in [2.45, 2.75) is 20.4 Å². The van der Waals surface area contributed by atoms with E-state index in [9.17, 15) is 9.59 Å². The van der Waals surface area contributed by atoms with Gasteiger partial charge < -0.3 is 10.1 Å². The van der Waals surface area contributed by atoms with E-state index in [0.717, 1.165) is 11.1 Å². The number of hydrogen-bond donors (Lipinski definition) is 1. The second kappa shape index (κ2) is 9.48. The van der Waals surface area contributed by atoms with E-state index in [-0.39, 0.29) is 11.5 Å². The number of hydrogen-bond acceptors (Lipinski definition) is 5. The van der Waals surface area contributed by atoms with Gasteiger partial charge >= 0.3 is 0 Å². The molecule has 4 rings (SSSR count). The van der Waals surface area contributed by atoms with Gasteiger partial charge in [-0.05, 0) is 67.4 Å². The summed E-state index contributed by atoms with van der Waals surface area (Å²) in [6.45, 7) is 8.20. The average Bonchev–Trinajstić information content (AvgIpc) is 2.82. The lowest BCUT2D eigenvalue weighted by molar-refractivity contribution is 0.0951. The Labute approximate surface area is 191 Å². The summed E-state index contributed by atoms with van der Waals surface area (Å²) < 4.78 is 7.19. The fourth-order valence-electron chi connectivity index (χ4n) is 3.45. The van der Waals surface area contributed by atoms with Gasteiger partial charge in [-0.15, -0.1) is 0 Å². The Morgan fingerprint density at radius 3 is 2.76 bits per heavy atom. The van der Waals surface area contributed by atoms with Crippen LogP contribution >= 0.6 is 0 Å². The Balaban J connectivity index is 1.66. The highest BCUT2D eigenvalue weighted by Crippen LogP contribution is 2.19. The molecule has 4 aromatic rings. The van der Waals surface area contributed by atoms with Gasteiger partial charge in [0, 0.05) is 24.5 Å². The lowest BCUT2D eigenvalue weighted by Gasteiger charge is -2.13. The van der Waals surface area contributed by atoms with Crippen molar-refractivity contribution in [3.63, 3.8) is 0 Å². The number of aromatic nitrogens is 3. The van der Waals surface area contributed by atoms with Crippen LogP contribution in [0.25, 0.3) is 16.6 Å². The number of pyridine rings is 1. The molecule has 0 bridgehead atoms. The van der Waals surface area contributed by atoms with Crippen molar-refractivity contribution < 1.29 is 9.53 Å². The first kappa shape index (κ1) is 22.0. The molecule has 0 radical (unpaired) electrons. The molecule has 0 saturated heterocycles. The average molecular weight is 441 g/mol. The van der Waals surface area contributed by atoms with Gasteiger partial charge in [0.25, 0.3) is 11.5 Å². The first-order valence-corrected chi connectivity index (χ1v) is 10.5. The molecule has 0 saturated carbocycles. The van der Waals surface area contributed by atoms with Crippen molar-refractivity contribution in [3.8, 4) is 11.4 Å². The van der Waals surface area contributed by atoms with Gasteiger partial charge in [0.15, 0.2) is 0 Å². The lowest BCUT2D eigenvalue weighted by Crippen LogP contribution is -2.25. The molecule has 166 valence electrons. The maximum absolute atomic E-state index is 13.4. The molecule has 33 heavy (non-hydrogen) atoms. The number of nitrogens with one attached hydrogen (secondary N) is 1. The summed E-state index contributed by atoms with van der Waals surface area (Å²) in [5, 5.41) is 3.31. The molecule has 0 aliphatic heterocycles. The maximum Gasteiger partial charge on any atom is 0.266 e. The van der Waals surface area contributed by atoms with Gasteiger partial charge in [-0.3, -0.25) is 19.1 Å². The van der Waals surface area contributed by atoms with Gasteiger partial charge in [-0.1, -0.05) is 18.7 Å². The number of amides is 1. The molecule has 1 N–H and O–H groups in total. The van der Waals surface area contributed by atoms with Crippen LogP contribution < -0.4 is 15.6 Å². The van der Waals surface area contributed by atoms with E-state index in [1.54, 1.807) is 61.8 Å². The number of ether oxygens (including phenoxy) is 1. The molecular formula is C26H24N4O3. The Morgan fingerprint density at radius 1 is 1.15 bits per heavy atom. The lowest BCUT2D eigenvalue weighted by atomic mass is 10.1. The normalized spacial score (nSPS) is 10.7. The minimum absolute atomic E-state index is 0.230. The molecule has 0 aliphatic rings. The number of aryl methyl sites for hydroxylation is 1. The quantitative estimate of drug-likeness (QED) is 0.440. The number of benzene rings is 2. The minimum Gasteiger partial charge on any atom is -0.489 e. The predicted octanol–water partition coefficient (Wildman–Crippen LogP) is 3.97. The Hall–Kier alpha value is -4.26. The SMILES string of the molecule is C=C(C)COc1ccc2nc(C)n(-c3cccc(C(=O)NCc4cccnc4)c3)c(=O)c2c1. The first-order valence-electron chi connectivity index (χ1n) is 10.5. The summed E-state index contributed by atoms with van der Waals surface area (Å²) in [6.07, 6.45) is 3.39. The third-order valence-corrected chi connectivity index (χ3v) is 5.04. The number of rotatable bonds is 7. The minimum atomic E-state index is -0.240. The van der Waals surface area contributed by atoms with Gasteiger partial charge in [-0.2, -0.15) is 0 Å². The van der Waals surface area contributed by atoms with Crippen LogP contribution in [0.3, 0.4) is 0 Å². The first-order chi connectivity index (χ1) is 15.9. The van der Waals surface area contributed by atoms with E-state index in [0.29, 0.717) is 46.9 Å². The highest BCUT2D eigenvalue weighted by molar-refractivity contribution is 5.94. The topological polar surface area (TPSA) is 86.1 Å². The summed E-state index contributed by atoms with van der Waals surface area (Å²) in [6, 6.07) is 15.9. The fraction of sp³-hybridized carbons (Fsp3) is 0.154. The monoisotopic (exact) mass is 440 g/mol. The van der Waals surface area contributed by atoms with E-state index in [1.165, 1.54) is 4.57 Å². The van der Waals surface area contributed by atoms with Crippen LogP contribution in [0.4, 0.5) is 0 Å². The molecule has 0 unspecified atom stereocenters. The summed E-state index contributed by atoms with van der Waals surface area (Å²) in [5.74, 6) is 0.856. The highest BCUT2D eigenvalue weighted by atomic mass is 16.5. The second-order valence-corrected chi connectivity index (χ2v) is 7.82. The van der Waals surface area contributed by atoms with Gasteiger partial charge in [0.1, 0.15) is 18.2 Å². The zero-order valence-electron chi connectivity index (χ0n) is 18.5. The molecule has 0 aliphatic carbocycles. The standard InChI is InChI=1S/C26H24N4O3/c1-17(2)16-33-22-9-10-24-23(13-22)26(32)30(18(3)29-24)21-8-4-7-20(12-21)25(31)28-15-19-6-5-11-27-14-19/h4-14H,1,15-16H2,2-3H3,(H,28,31). The molecule has 0 atom stereocenters. The summed E-state index contributed by atoms with van der Waals surface area (Å²) in [4.78, 5) is 34.7. The third-order valence-electron chi connectivity index (χ3n) is 5.04. The van der Waals surface area contributed by atoms with Crippen LogP contribution in [0.15, 0.2) is 83.9 Å². The Morgan fingerprint density at radius 2 is 2.00 bits per heavy atom. The molecule has 0 fully saturated rings. The van der Waals surface area contributed by atoms with E-state index in [2.05, 4.69) is 21.9 Å². The van der Waals surface area contributed by atoms with Crippen LogP contribution in [0.5, 0.6) is 5.75 Å². The second-order valence-electron chi connectivity index (χ2n) is 7.82. The van der Waals surface area contributed by atoms with Crippen LogP contribution in [0, 0.1) is 6.92 Å². The molecule has 2 aromatic carbocycles. The number of carbonyl (C=O) groups excluding carboxylic acids is 1. The van der Waals surface area contributed by atoms with Crippen molar-refractivity contribution in [2.24, 2.45) is 0 Å². The van der Waals surface area contributed by atoms with Crippen LogP contribution in [-0.2, 0) is 6.54 Å². The zero-order chi connectivity index (χ0) is 23.4. The largest absolute Gasteiger partial charge is 0.489 e. The Bertz CT molecular complexity index is 1390. The molecule has 2 aromatic heterocycles. The van der Waals surface area contributed by atoms with Crippen LogP contribution in [0.2, 0.25) is 0 Å². The van der Waals surface area contributed by atoms with Crippen LogP contribution in [0.1, 0.15) is 28.7 Å². The fourth-order valence-corrected chi connectivity index (χ4v) is 3.45. The van der Waals surface area contributed by atoms with E-state index < -0.39 is 0 Å². The summed E-state index contributed by atoms with van der Waals surface area (Å²) in [7, 11) is 0. The molecule has 7 nitrogen and oxygen atoms in total. The van der Waals surface area contributed by atoms with E-state index in [4.69, 9.17) is 4.74 Å². The highest BCUT2D eigenvalue weighted by Gasteiger charge is 2.13. The zero-order valence-corrected chi connectivity index (χ0v) is 18.5. The smallest absolute Gasteiger partial charge is 0.266 e. The van der Waals surface area contributed by atoms with Crippen molar-refractivity contribution >= 4 is 16.8 Å².